The molecular weight excluding hydrogens is 342 g/mol. The first-order chi connectivity index (χ1) is 12.1. The summed E-state index contributed by atoms with van der Waals surface area (Å²) in [5, 5.41) is 32.0. The Morgan fingerprint density at radius 2 is 1.81 bits per heavy atom. The zero-order valence-electron chi connectivity index (χ0n) is 16.1. The Bertz CT molecular complexity index is 459. The fraction of sp³-hybridized carbons (Fsp3) is 0.889. The third-order valence-electron chi connectivity index (χ3n) is 4.58. The third-order valence-corrected chi connectivity index (χ3v) is 4.58. The van der Waals surface area contributed by atoms with Crippen LogP contribution in [0.3, 0.4) is 0 Å². The van der Waals surface area contributed by atoms with E-state index in [4.69, 9.17) is 9.47 Å². The van der Waals surface area contributed by atoms with E-state index in [2.05, 4.69) is 12.2 Å². The molecule has 7 atom stereocenters. The van der Waals surface area contributed by atoms with Crippen molar-refractivity contribution in [2.24, 2.45) is 11.8 Å². The molecule has 1 rings (SSSR count). The van der Waals surface area contributed by atoms with Crippen molar-refractivity contribution in [1.29, 1.82) is 0 Å². The molecular formula is C18H33NO7. The van der Waals surface area contributed by atoms with E-state index in [1.807, 2.05) is 6.92 Å². The first-order valence-electron chi connectivity index (χ1n) is 9.16. The number of carbonyl (C=O) groups excluding carboxylic acids is 2. The lowest BCUT2D eigenvalue weighted by Gasteiger charge is -2.42. The molecule has 0 aromatic carbocycles. The summed E-state index contributed by atoms with van der Waals surface area (Å²) in [6, 6.07) is -0.919. The van der Waals surface area contributed by atoms with Crippen molar-refractivity contribution in [3.8, 4) is 0 Å². The molecule has 5 unspecified atom stereocenters. The second-order valence-corrected chi connectivity index (χ2v) is 7.44. The summed E-state index contributed by atoms with van der Waals surface area (Å²) in [6.45, 7) is 6.86. The van der Waals surface area contributed by atoms with Gasteiger partial charge >= 0.3 is 0 Å². The van der Waals surface area contributed by atoms with Crippen molar-refractivity contribution in [2.75, 3.05) is 13.2 Å². The Hall–Kier alpha value is -1.06. The highest BCUT2D eigenvalue weighted by Gasteiger charge is 2.45. The van der Waals surface area contributed by atoms with Crippen LogP contribution in [-0.2, 0) is 19.1 Å². The van der Waals surface area contributed by atoms with Gasteiger partial charge in [0.1, 0.15) is 30.1 Å². The molecule has 8 nitrogen and oxygen atoms in total. The third kappa shape index (κ3) is 7.28. The Labute approximate surface area is 154 Å². The molecule has 1 saturated heterocycles. The number of rotatable bonds is 10. The molecule has 1 amide bonds. The highest BCUT2D eigenvalue weighted by Crippen LogP contribution is 2.23. The van der Waals surface area contributed by atoms with Crippen molar-refractivity contribution in [3.63, 3.8) is 0 Å². The van der Waals surface area contributed by atoms with E-state index in [0.29, 0.717) is 24.9 Å². The molecule has 8 heteroatoms. The van der Waals surface area contributed by atoms with E-state index in [0.717, 1.165) is 12.8 Å². The Morgan fingerprint density at radius 3 is 2.35 bits per heavy atom. The summed E-state index contributed by atoms with van der Waals surface area (Å²) in [5.74, 6) is 0.428. The van der Waals surface area contributed by atoms with Crippen LogP contribution < -0.4 is 5.32 Å². The van der Waals surface area contributed by atoms with Crippen LogP contribution in [0.15, 0.2) is 0 Å². The zero-order chi connectivity index (χ0) is 19.9. The number of carbonyl (C=O) groups is 2. The van der Waals surface area contributed by atoms with Crippen LogP contribution in [0.4, 0.5) is 0 Å². The smallest absolute Gasteiger partial charge is 0.217 e. The molecule has 26 heavy (non-hydrogen) atoms. The first-order valence-corrected chi connectivity index (χ1v) is 9.16. The summed E-state index contributed by atoms with van der Waals surface area (Å²) < 4.78 is 11.2. The average Bonchev–Trinajstić information content (AvgIpc) is 2.52. The molecule has 0 spiro atoms. The quantitative estimate of drug-likeness (QED) is 0.423. The van der Waals surface area contributed by atoms with Gasteiger partial charge in [0, 0.05) is 13.3 Å². The molecule has 152 valence electrons. The highest BCUT2D eigenvalue weighted by atomic mass is 16.7. The summed E-state index contributed by atoms with van der Waals surface area (Å²) in [6.07, 6.45) is -2.39. The molecule has 0 aromatic heterocycles. The largest absolute Gasteiger partial charge is 0.394 e. The van der Waals surface area contributed by atoms with Crippen LogP contribution in [0, 0.1) is 11.8 Å². The standard InChI is InChI=1S/C18H33NO7/c1-10(7-11(2)8-12(3)21)5-6-25-18-15(19-13(4)22)17(24)16(23)14(9-20)26-18/h10-11,14-18,20,23-24H,5-9H2,1-4H3,(H,19,22)/t10?,11?,14?,15?,16-,17?,18-/m1/s1. The summed E-state index contributed by atoms with van der Waals surface area (Å²) in [4.78, 5) is 22.5. The van der Waals surface area contributed by atoms with Crippen molar-refractivity contribution in [2.45, 2.75) is 77.6 Å². The fourth-order valence-electron chi connectivity index (χ4n) is 3.38. The van der Waals surface area contributed by atoms with Crippen molar-refractivity contribution in [3.05, 3.63) is 0 Å². The normalized spacial score (nSPS) is 31.3. The van der Waals surface area contributed by atoms with Crippen LogP contribution in [0.5, 0.6) is 0 Å². The second kappa shape index (κ2) is 10.9. The maximum Gasteiger partial charge on any atom is 0.217 e. The Morgan fingerprint density at radius 1 is 1.15 bits per heavy atom. The van der Waals surface area contributed by atoms with Crippen LogP contribution in [0.25, 0.3) is 0 Å². The van der Waals surface area contributed by atoms with Gasteiger partial charge in [-0.15, -0.1) is 0 Å². The number of aliphatic hydroxyl groups excluding tert-OH is 3. The number of aliphatic hydroxyl groups is 3. The molecule has 0 aromatic rings. The predicted molar refractivity (Wildman–Crippen MR) is 94.2 cm³/mol. The van der Waals surface area contributed by atoms with Gasteiger partial charge in [0.2, 0.25) is 5.91 Å². The van der Waals surface area contributed by atoms with Gasteiger partial charge in [0.15, 0.2) is 6.29 Å². The number of hydrogen-bond donors (Lipinski definition) is 4. The topological polar surface area (TPSA) is 125 Å². The molecule has 4 N–H and O–H groups in total. The van der Waals surface area contributed by atoms with Gasteiger partial charge in [-0.2, -0.15) is 0 Å². The minimum Gasteiger partial charge on any atom is -0.394 e. The van der Waals surface area contributed by atoms with Crippen LogP contribution in [0.2, 0.25) is 0 Å². The maximum absolute atomic E-state index is 11.4. The monoisotopic (exact) mass is 375 g/mol. The highest BCUT2D eigenvalue weighted by molar-refractivity contribution is 5.75. The molecule has 0 radical (unpaired) electrons. The molecule has 0 aliphatic carbocycles. The number of hydrogen-bond acceptors (Lipinski definition) is 7. The van der Waals surface area contributed by atoms with E-state index in [1.54, 1.807) is 6.92 Å². The first kappa shape index (κ1) is 23.0. The molecule has 1 heterocycles. The zero-order valence-corrected chi connectivity index (χ0v) is 16.1. The van der Waals surface area contributed by atoms with E-state index in [-0.39, 0.29) is 11.7 Å². The number of nitrogens with one attached hydrogen (secondary N) is 1. The summed E-state index contributed by atoms with van der Waals surface area (Å²) in [5.41, 5.74) is 0. The van der Waals surface area contributed by atoms with Gasteiger partial charge in [-0.3, -0.25) is 4.79 Å². The second-order valence-electron chi connectivity index (χ2n) is 7.44. The van der Waals surface area contributed by atoms with Gasteiger partial charge in [-0.1, -0.05) is 13.8 Å². The van der Waals surface area contributed by atoms with Crippen molar-refractivity contribution in [1.82, 2.24) is 5.32 Å². The minimum atomic E-state index is -1.32. The lowest BCUT2D eigenvalue weighted by Crippen LogP contribution is -2.64. The molecule has 1 fully saturated rings. The number of ether oxygens (including phenoxy) is 2. The lowest BCUT2D eigenvalue weighted by molar-refractivity contribution is -0.270. The van der Waals surface area contributed by atoms with Gasteiger partial charge in [0.05, 0.1) is 13.2 Å². The molecule has 0 bridgehead atoms. The van der Waals surface area contributed by atoms with Gasteiger partial charge in [-0.25, -0.2) is 0 Å². The van der Waals surface area contributed by atoms with Crippen molar-refractivity contribution < 1.29 is 34.4 Å². The number of ketones is 1. The van der Waals surface area contributed by atoms with E-state index in [9.17, 15) is 24.9 Å². The fourth-order valence-corrected chi connectivity index (χ4v) is 3.38. The van der Waals surface area contributed by atoms with E-state index < -0.39 is 37.3 Å². The van der Waals surface area contributed by atoms with Crippen LogP contribution in [0.1, 0.15) is 47.0 Å². The maximum atomic E-state index is 11.4. The minimum absolute atomic E-state index is 0.178. The SMILES string of the molecule is CC(=O)CC(C)CC(C)CCO[C@@H]1OC(CO)[C@@H](O)C(O)C1NC(C)=O. The number of Topliss-reactive ketones (excluding diaryl/α,β-unsaturated/α-hetero) is 1. The average molecular weight is 375 g/mol. The van der Waals surface area contributed by atoms with Crippen LogP contribution >= 0.6 is 0 Å². The van der Waals surface area contributed by atoms with Gasteiger partial charge in [0.25, 0.3) is 0 Å². The summed E-state index contributed by atoms with van der Waals surface area (Å²) >= 11 is 0. The summed E-state index contributed by atoms with van der Waals surface area (Å²) in [7, 11) is 0. The lowest BCUT2D eigenvalue weighted by atomic mass is 9.92. The Balaban J connectivity index is 2.55. The van der Waals surface area contributed by atoms with E-state index >= 15 is 0 Å². The van der Waals surface area contributed by atoms with Crippen molar-refractivity contribution >= 4 is 11.7 Å². The van der Waals surface area contributed by atoms with Crippen LogP contribution in [-0.4, -0.2) is 70.9 Å². The molecule has 0 saturated carbocycles. The number of amides is 1. The molecule has 1 aliphatic heterocycles. The predicted octanol–water partition coefficient (Wildman–Crippen LogP) is -0.0218. The molecule has 1 aliphatic rings. The van der Waals surface area contributed by atoms with Gasteiger partial charge in [-0.05, 0) is 31.6 Å². The van der Waals surface area contributed by atoms with E-state index in [1.165, 1.54) is 6.92 Å². The van der Waals surface area contributed by atoms with Gasteiger partial charge < -0.3 is 34.9 Å². The Kier molecular flexibility index (Phi) is 9.67.